The highest BCUT2D eigenvalue weighted by Gasteiger charge is 2.26. The van der Waals surface area contributed by atoms with Gasteiger partial charge in [0.15, 0.2) is 0 Å². The zero-order chi connectivity index (χ0) is 22.9. The largest absolute Gasteiger partial charge is 0.444 e. The van der Waals surface area contributed by atoms with Crippen molar-refractivity contribution in [2.45, 2.75) is 32.9 Å². The molecule has 166 valence electrons. The minimum absolute atomic E-state index is 0.272. The first-order valence-corrected chi connectivity index (χ1v) is 10.7. The molecule has 2 aromatic carbocycles. The number of nitrogens with zero attached hydrogens (tertiary/aromatic N) is 4. The number of halogens is 1. The lowest BCUT2D eigenvalue weighted by Crippen LogP contribution is -2.50. The number of carbonyl (C=O) groups is 1. The van der Waals surface area contributed by atoms with Gasteiger partial charge in [0, 0.05) is 43.6 Å². The topological polar surface area (TPSA) is 61.5 Å². The maximum absolute atomic E-state index is 14.4. The van der Waals surface area contributed by atoms with Crippen LogP contribution < -0.4 is 4.90 Å². The Hall–Kier alpha value is -3.53. The van der Waals surface area contributed by atoms with Crippen molar-refractivity contribution in [2.75, 3.05) is 31.1 Å². The number of carbonyl (C=O) groups excluding carboxylic acids is 1. The summed E-state index contributed by atoms with van der Waals surface area (Å²) in [5.74, 6) is -0.375. The van der Waals surface area contributed by atoms with E-state index in [1.54, 1.807) is 17.0 Å². The molecule has 3 aromatic rings. The molecule has 1 saturated heterocycles. The van der Waals surface area contributed by atoms with E-state index in [0.717, 1.165) is 29.7 Å². The predicted molar refractivity (Wildman–Crippen MR) is 122 cm³/mol. The van der Waals surface area contributed by atoms with E-state index in [0.29, 0.717) is 30.8 Å². The Labute approximate surface area is 187 Å². The van der Waals surface area contributed by atoms with Gasteiger partial charge in [-0.1, -0.05) is 12.1 Å². The second-order valence-electron chi connectivity index (χ2n) is 9.06. The van der Waals surface area contributed by atoms with Gasteiger partial charge < -0.3 is 19.1 Å². The van der Waals surface area contributed by atoms with Crippen molar-refractivity contribution >= 4 is 22.7 Å². The number of aromatic nitrogens is 1. The first-order chi connectivity index (χ1) is 15.2. The predicted octanol–water partition coefficient (Wildman–Crippen LogP) is 4.76. The number of fused-ring (bicyclic) bond motifs is 1. The summed E-state index contributed by atoms with van der Waals surface area (Å²) in [5.41, 5.74) is 2.44. The molecular weight excluding hydrogens is 407 g/mol. The number of piperazine rings is 1. The summed E-state index contributed by atoms with van der Waals surface area (Å²) in [5, 5.41) is 10.0. The number of benzene rings is 2. The molecule has 0 saturated carbocycles. The van der Waals surface area contributed by atoms with E-state index in [1.165, 1.54) is 6.07 Å². The minimum atomic E-state index is -0.501. The van der Waals surface area contributed by atoms with Crippen LogP contribution in [0.4, 0.5) is 14.9 Å². The van der Waals surface area contributed by atoms with Crippen LogP contribution >= 0.6 is 0 Å². The highest BCUT2D eigenvalue weighted by molar-refractivity contribution is 5.84. The summed E-state index contributed by atoms with van der Waals surface area (Å²) in [6, 6.07) is 14.8. The highest BCUT2D eigenvalue weighted by Crippen LogP contribution is 2.26. The van der Waals surface area contributed by atoms with Gasteiger partial charge in [0.25, 0.3) is 0 Å². The van der Waals surface area contributed by atoms with E-state index in [1.807, 2.05) is 43.7 Å². The monoisotopic (exact) mass is 434 g/mol. The highest BCUT2D eigenvalue weighted by atomic mass is 19.1. The lowest BCUT2D eigenvalue weighted by atomic mass is 10.1. The molecule has 0 bridgehead atoms. The van der Waals surface area contributed by atoms with Crippen molar-refractivity contribution in [3.05, 3.63) is 65.6 Å². The molecule has 0 atom stereocenters. The van der Waals surface area contributed by atoms with Crippen LogP contribution in [0.5, 0.6) is 0 Å². The van der Waals surface area contributed by atoms with Crippen LogP contribution in [0.15, 0.2) is 48.7 Å². The first-order valence-electron chi connectivity index (χ1n) is 10.7. The number of ether oxygens (including phenoxy) is 1. The zero-order valence-corrected chi connectivity index (χ0v) is 18.6. The Bertz CT molecular complexity index is 1180. The molecule has 0 unspecified atom stereocenters. The van der Waals surface area contributed by atoms with Crippen molar-refractivity contribution in [3.8, 4) is 6.07 Å². The Morgan fingerprint density at radius 2 is 1.84 bits per heavy atom. The van der Waals surface area contributed by atoms with Crippen LogP contribution in [-0.2, 0) is 11.3 Å². The van der Waals surface area contributed by atoms with E-state index in [-0.39, 0.29) is 11.9 Å². The quantitative estimate of drug-likeness (QED) is 0.596. The van der Waals surface area contributed by atoms with Crippen molar-refractivity contribution < 1.29 is 13.9 Å². The molecule has 1 aromatic heterocycles. The fraction of sp³-hybridized carbons (Fsp3) is 0.360. The molecule has 6 nitrogen and oxygen atoms in total. The molecule has 0 radical (unpaired) electrons. The summed E-state index contributed by atoms with van der Waals surface area (Å²) < 4.78 is 21.9. The van der Waals surface area contributed by atoms with Crippen molar-refractivity contribution in [3.63, 3.8) is 0 Å². The van der Waals surface area contributed by atoms with Crippen LogP contribution in [-0.4, -0.2) is 47.3 Å². The van der Waals surface area contributed by atoms with E-state index in [4.69, 9.17) is 10.00 Å². The van der Waals surface area contributed by atoms with Gasteiger partial charge in [-0.3, -0.25) is 0 Å². The molecule has 0 spiro atoms. The van der Waals surface area contributed by atoms with Crippen LogP contribution in [0.1, 0.15) is 31.9 Å². The third-order valence-electron chi connectivity index (χ3n) is 5.58. The van der Waals surface area contributed by atoms with Gasteiger partial charge in [0.2, 0.25) is 0 Å². The van der Waals surface area contributed by atoms with E-state index in [9.17, 15) is 9.18 Å². The summed E-state index contributed by atoms with van der Waals surface area (Å²) in [7, 11) is 0. The van der Waals surface area contributed by atoms with Crippen LogP contribution in [0, 0.1) is 17.1 Å². The number of hydrogen-bond donors (Lipinski definition) is 0. The van der Waals surface area contributed by atoms with E-state index < -0.39 is 5.60 Å². The Kier molecular flexibility index (Phi) is 5.79. The second-order valence-corrected chi connectivity index (χ2v) is 9.06. The third kappa shape index (κ3) is 4.70. The lowest BCUT2D eigenvalue weighted by Gasteiger charge is -2.36. The molecule has 7 heteroatoms. The van der Waals surface area contributed by atoms with Crippen molar-refractivity contribution in [1.82, 2.24) is 9.47 Å². The molecule has 0 N–H and O–H groups in total. The van der Waals surface area contributed by atoms with Gasteiger partial charge in [0.1, 0.15) is 11.4 Å². The molecule has 4 rings (SSSR count). The fourth-order valence-corrected chi connectivity index (χ4v) is 3.91. The van der Waals surface area contributed by atoms with Crippen LogP contribution in [0.2, 0.25) is 0 Å². The van der Waals surface area contributed by atoms with Gasteiger partial charge in [-0.05, 0) is 56.5 Å². The third-order valence-corrected chi connectivity index (χ3v) is 5.58. The number of anilines is 1. The zero-order valence-electron chi connectivity index (χ0n) is 18.6. The standard InChI is InChI=1S/C25H27FN4O2/c1-25(2,3)32-24(31)29-12-10-28(11-13-29)21-7-6-19-8-9-30(23(19)15-21)17-20-5-4-18(16-27)14-22(20)26/h4-9,14-15H,10-13,17H2,1-3H3. The molecule has 32 heavy (non-hydrogen) atoms. The smallest absolute Gasteiger partial charge is 0.410 e. The Balaban J connectivity index is 1.49. The van der Waals surface area contributed by atoms with Crippen LogP contribution in [0.25, 0.3) is 10.9 Å². The second kappa shape index (κ2) is 8.54. The fourth-order valence-electron chi connectivity index (χ4n) is 3.91. The van der Waals surface area contributed by atoms with Crippen LogP contribution in [0.3, 0.4) is 0 Å². The van der Waals surface area contributed by atoms with Gasteiger partial charge in [-0.2, -0.15) is 5.26 Å². The summed E-state index contributed by atoms with van der Waals surface area (Å²) in [6.45, 7) is 8.64. The van der Waals surface area contributed by atoms with Gasteiger partial charge >= 0.3 is 6.09 Å². The molecule has 2 heterocycles. The number of hydrogen-bond acceptors (Lipinski definition) is 4. The Morgan fingerprint density at radius 3 is 2.50 bits per heavy atom. The summed E-state index contributed by atoms with van der Waals surface area (Å²) in [4.78, 5) is 16.3. The Morgan fingerprint density at radius 1 is 1.09 bits per heavy atom. The molecule has 1 fully saturated rings. The lowest BCUT2D eigenvalue weighted by molar-refractivity contribution is 0.0240. The summed E-state index contributed by atoms with van der Waals surface area (Å²) >= 11 is 0. The van der Waals surface area contributed by atoms with Crippen molar-refractivity contribution in [1.29, 1.82) is 5.26 Å². The number of nitriles is 1. The van der Waals surface area contributed by atoms with E-state index in [2.05, 4.69) is 23.1 Å². The number of amides is 1. The van der Waals surface area contributed by atoms with Crippen molar-refractivity contribution in [2.24, 2.45) is 0 Å². The molecule has 1 amide bonds. The van der Waals surface area contributed by atoms with Gasteiger partial charge in [0.05, 0.1) is 23.7 Å². The van der Waals surface area contributed by atoms with Gasteiger partial charge in [-0.15, -0.1) is 0 Å². The maximum Gasteiger partial charge on any atom is 0.410 e. The molecule has 1 aliphatic heterocycles. The average Bonchev–Trinajstić information content (AvgIpc) is 3.16. The normalized spacial score (nSPS) is 14.5. The average molecular weight is 435 g/mol. The maximum atomic E-state index is 14.4. The molecular formula is C25H27FN4O2. The van der Waals surface area contributed by atoms with Gasteiger partial charge in [-0.25, -0.2) is 9.18 Å². The SMILES string of the molecule is CC(C)(C)OC(=O)N1CCN(c2ccc3ccn(Cc4ccc(C#N)cc4F)c3c2)CC1. The first kappa shape index (κ1) is 21.7. The molecule has 1 aliphatic rings. The number of rotatable bonds is 3. The minimum Gasteiger partial charge on any atom is -0.444 e. The van der Waals surface area contributed by atoms with E-state index >= 15 is 0 Å². The summed E-state index contributed by atoms with van der Waals surface area (Å²) in [6.07, 6.45) is 1.68. The molecule has 0 aliphatic carbocycles.